The van der Waals surface area contributed by atoms with Crippen LogP contribution >= 0.6 is 0 Å². The summed E-state index contributed by atoms with van der Waals surface area (Å²) in [6, 6.07) is 4.07. The first kappa shape index (κ1) is 18.7. The minimum atomic E-state index is 0.448. The molecule has 0 bridgehead atoms. The summed E-state index contributed by atoms with van der Waals surface area (Å²) >= 11 is 0. The number of aliphatic imine (C=N–C) groups is 1. The average Bonchev–Trinajstić information content (AvgIpc) is 2.88. The molecule has 5 heteroatoms. The maximum Gasteiger partial charge on any atom is 0.191 e. The largest absolute Gasteiger partial charge is 0.376 e. The number of hydrogen-bond donors (Lipinski definition) is 2. The molecule has 24 heavy (non-hydrogen) atoms. The van der Waals surface area contributed by atoms with Gasteiger partial charge in [-0.3, -0.25) is 9.98 Å². The third kappa shape index (κ3) is 7.77. The Morgan fingerprint density at radius 2 is 2.08 bits per heavy atom. The van der Waals surface area contributed by atoms with Crippen molar-refractivity contribution in [1.29, 1.82) is 0 Å². The smallest absolute Gasteiger partial charge is 0.191 e. The number of rotatable bonds is 8. The Hall–Kier alpha value is -1.62. The summed E-state index contributed by atoms with van der Waals surface area (Å²) in [5.74, 6) is 0.867. The zero-order chi connectivity index (χ0) is 16.9. The van der Waals surface area contributed by atoms with Gasteiger partial charge in [-0.1, -0.05) is 31.7 Å². The van der Waals surface area contributed by atoms with Crippen LogP contribution in [0.5, 0.6) is 0 Å². The fraction of sp³-hybridized carbons (Fsp3) is 0.684. The van der Waals surface area contributed by atoms with Gasteiger partial charge in [-0.05, 0) is 37.8 Å². The van der Waals surface area contributed by atoms with Crippen molar-refractivity contribution in [3.8, 4) is 0 Å². The van der Waals surface area contributed by atoms with Gasteiger partial charge >= 0.3 is 0 Å². The highest BCUT2D eigenvalue weighted by atomic mass is 16.5. The van der Waals surface area contributed by atoms with Crippen LogP contribution in [0.4, 0.5) is 0 Å². The predicted octanol–water partition coefficient (Wildman–Crippen LogP) is 2.92. The summed E-state index contributed by atoms with van der Waals surface area (Å²) in [7, 11) is 0. The molecule has 1 aliphatic rings. The van der Waals surface area contributed by atoms with E-state index in [0.29, 0.717) is 19.3 Å². The van der Waals surface area contributed by atoms with Crippen molar-refractivity contribution < 1.29 is 4.74 Å². The summed E-state index contributed by atoms with van der Waals surface area (Å²) in [5.41, 5.74) is 1.23. The number of guanidine groups is 1. The van der Waals surface area contributed by atoms with Crippen LogP contribution in [-0.2, 0) is 11.2 Å². The fourth-order valence-electron chi connectivity index (χ4n) is 3.00. The third-order valence-electron chi connectivity index (χ3n) is 4.29. The summed E-state index contributed by atoms with van der Waals surface area (Å²) in [5, 5.41) is 6.66. The fourth-order valence-corrected chi connectivity index (χ4v) is 3.00. The topological polar surface area (TPSA) is 58.5 Å². The van der Waals surface area contributed by atoms with Gasteiger partial charge < -0.3 is 15.4 Å². The van der Waals surface area contributed by atoms with Crippen LogP contribution in [0.1, 0.15) is 51.0 Å². The number of nitrogens with one attached hydrogen (secondary N) is 2. The van der Waals surface area contributed by atoms with Gasteiger partial charge in [-0.15, -0.1) is 0 Å². The molecule has 2 N–H and O–H groups in total. The van der Waals surface area contributed by atoms with E-state index in [9.17, 15) is 0 Å². The normalized spacial score (nSPS) is 16.6. The molecule has 1 aliphatic carbocycles. The second-order valence-electron chi connectivity index (χ2n) is 6.28. The van der Waals surface area contributed by atoms with Crippen LogP contribution in [0.25, 0.3) is 0 Å². The molecule has 0 unspecified atom stereocenters. The standard InChI is InChI=1S/C19H32N4O/c1-2-21-19(22-13-11-17-8-7-12-20-16-17)23-14-15-24-18-9-5-3-4-6-10-18/h7-8,12,16,18H,2-6,9-11,13-15H2,1H3,(H2,21,22,23). The molecule has 1 heterocycles. The van der Waals surface area contributed by atoms with Gasteiger partial charge in [0.25, 0.3) is 0 Å². The van der Waals surface area contributed by atoms with Crippen LogP contribution in [0.15, 0.2) is 29.5 Å². The zero-order valence-corrected chi connectivity index (χ0v) is 15.0. The highest BCUT2D eigenvalue weighted by molar-refractivity contribution is 5.79. The van der Waals surface area contributed by atoms with Gasteiger partial charge in [0.2, 0.25) is 0 Å². The van der Waals surface area contributed by atoms with Gasteiger partial charge in [0.15, 0.2) is 5.96 Å². The molecule has 1 fully saturated rings. The van der Waals surface area contributed by atoms with E-state index in [1.165, 1.54) is 44.1 Å². The maximum atomic E-state index is 5.99. The minimum absolute atomic E-state index is 0.448. The van der Waals surface area contributed by atoms with E-state index < -0.39 is 0 Å². The van der Waals surface area contributed by atoms with Crippen molar-refractivity contribution in [3.05, 3.63) is 30.1 Å². The molecule has 0 spiro atoms. The Labute approximate surface area is 146 Å². The number of aromatic nitrogens is 1. The van der Waals surface area contributed by atoms with Crippen molar-refractivity contribution in [2.24, 2.45) is 4.99 Å². The molecule has 2 rings (SSSR count). The molecule has 0 atom stereocenters. The van der Waals surface area contributed by atoms with Gasteiger partial charge in [0.05, 0.1) is 19.3 Å². The predicted molar refractivity (Wildman–Crippen MR) is 99.4 cm³/mol. The SMILES string of the molecule is CCNC(=NCCOC1CCCCCC1)NCCc1cccnc1. The van der Waals surface area contributed by atoms with Crippen LogP contribution in [0.2, 0.25) is 0 Å². The van der Waals surface area contributed by atoms with Crippen molar-refractivity contribution in [2.75, 3.05) is 26.2 Å². The van der Waals surface area contributed by atoms with Crippen molar-refractivity contribution >= 4 is 5.96 Å². The highest BCUT2D eigenvalue weighted by Crippen LogP contribution is 2.19. The molecule has 0 amide bonds. The summed E-state index contributed by atoms with van der Waals surface area (Å²) < 4.78 is 5.99. The first-order valence-electron chi connectivity index (χ1n) is 9.41. The molecule has 0 aliphatic heterocycles. The quantitative estimate of drug-likeness (QED) is 0.333. The lowest BCUT2D eigenvalue weighted by Gasteiger charge is -2.15. The zero-order valence-electron chi connectivity index (χ0n) is 15.0. The Bertz CT molecular complexity index is 456. The second-order valence-corrected chi connectivity index (χ2v) is 6.28. The van der Waals surface area contributed by atoms with E-state index in [2.05, 4.69) is 33.6 Å². The lowest BCUT2D eigenvalue weighted by molar-refractivity contribution is 0.0487. The van der Waals surface area contributed by atoms with E-state index in [4.69, 9.17) is 4.74 Å². The van der Waals surface area contributed by atoms with E-state index in [1.807, 2.05) is 12.3 Å². The van der Waals surface area contributed by atoms with Crippen LogP contribution in [0.3, 0.4) is 0 Å². The van der Waals surface area contributed by atoms with Crippen molar-refractivity contribution in [2.45, 2.75) is 58.0 Å². The first-order valence-corrected chi connectivity index (χ1v) is 9.41. The molecule has 134 valence electrons. The molecule has 1 saturated carbocycles. The molecular formula is C19H32N4O. The number of ether oxygens (including phenoxy) is 1. The van der Waals surface area contributed by atoms with Crippen LogP contribution in [0, 0.1) is 0 Å². The minimum Gasteiger partial charge on any atom is -0.376 e. The highest BCUT2D eigenvalue weighted by Gasteiger charge is 2.11. The van der Waals surface area contributed by atoms with Gasteiger partial charge in [0, 0.05) is 25.5 Å². The lowest BCUT2D eigenvalue weighted by Crippen LogP contribution is -2.38. The maximum absolute atomic E-state index is 5.99. The molecule has 1 aromatic heterocycles. The first-order chi connectivity index (χ1) is 11.9. The van der Waals surface area contributed by atoms with E-state index in [0.717, 1.165) is 25.5 Å². The van der Waals surface area contributed by atoms with Gasteiger partial charge in [0.1, 0.15) is 0 Å². The monoisotopic (exact) mass is 332 g/mol. The molecule has 5 nitrogen and oxygen atoms in total. The van der Waals surface area contributed by atoms with Crippen molar-refractivity contribution in [3.63, 3.8) is 0 Å². The summed E-state index contributed by atoms with van der Waals surface area (Å²) in [6.07, 6.45) is 12.9. The Kier molecular flexibility index (Phi) is 9.24. The van der Waals surface area contributed by atoms with Gasteiger partial charge in [-0.2, -0.15) is 0 Å². The van der Waals surface area contributed by atoms with E-state index in [-0.39, 0.29) is 0 Å². The van der Waals surface area contributed by atoms with Gasteiger partial charge in [-0.25, -0.2) is 0 Å². The van der Waals surface area contributed by atoms with Crippen LogP contribution < -0.4 is 10.6 Å². The number of hydrogen-bond acceptors (Lipinski definition) is 3. The molecular weight excluding hydrogens is 300 g/mol. The molecule has 1 aromatic rings. The molecule has 0 aromatic carbocycles. The third-order valence-corrected chi connectivity index (χ3v) is 4.29. The molecule has 0 radical (unpaired) electrons. The molecule has 0 saturated heterocycles. The van der Waals surface area contributed by atoms with Crippen LogP contribution in [-0.4, -0.2) is 43.3 Å². The summed E-state index contributed by atoms with van der Waals surface area (Å²) in [6.45, 7) is 5.21. The summed E-state index contributed by atoms with van der Waals surface area (Å²) in [4.78, 5) is 8.75. The lowest BCUT2D eigenvalue weighted by atomic mass is 10.1. The van der Waals surface area contributed by atoms with E-state index in [1.54, 1.807) is 6.20 Å². The van der Waals surface area contributed by atoms with E-state index >= 15 is 0 Å². The second kappa shape index (κ2) is 11.8. The Balaban J connectivity index is 1.65. The number of nitrogens with zero attached hydrogens (tertiary/aromatic N) is 2. The van der Waals surface area contributed by atoms with Crippen molar-refractivity contribution in [1.82, 2.24) is 15.6 Å². The number of pyridine rings is 1. The Morgan fingerprint density at radius 1 is 1.25 bits per heavy atom. The average molecular weight is 332 g/mol. The Morgan fingerprint density at radius 3 is 2.79 bits per heavy atom.